The van der Waals surface area contributed by atoms with E-state index >= 15 is 0 Å². The molecule has 3 rings (SSSR count). The lowest BCUT2D eigenvalue weighted by Crippen LogP contribution is -2.32. The third-order valence-electron chi connectivity index (χ3n) is 3.20. The summed E-state index contributed by atoms with van der Waals surface area (Å²) in [4.78, 5) is 18.0. The molecule has 2 aromatic rings. The van der Waals surface area contributed by atoms with E-state index in [0.717, 1.165) is 30.6 Å². The van der Waals surface area contributed by atoms with Gasteiger partial charge in [0, 0.05) is 19.2 Å². The maximum atomic E-state index is 13.0. The molecule has 0 radical (unpaired) electrons. The van der Waals surface area contributed by atoms with Gasteiger partial charge in [-0.2, -0.15) is 0 Å². The molecule has 0 spiro atoms. The zero-order valence-electron chi connectivity index (χ0n) is 10.4. The molecule has 2 heterocycles. The Hall–Kier alpha value is -1.69. The van der Waals surface area contributed by atoms with E-state index in [9.17, 15) is 9.18 Å². The molecule has 100 valence electrons. The summed E-state index contributed by atoms with van der Waals surface area (Å²) in [6, 6.07) is 4.52. The van der Waals surface area contributed by atoms with Crippen molar-refractivity contribution in [3.63, 3.8) is 0 Å². The molecule has 1 fully saturated rings. The highest BCUT2D eigenvalue weighted by atomic mass is 32.1. The first-order chi connectivity index (χ1) is 9.22. The topological polar surface area (TPSA) is 45.2 Å². The molecular formula is C13H14FN3OS. The fraction of sp³-hybridized carbons (Fsp3) is 0.385. The molecule has 6 heteroatoms. The molecule has 0 bridgehead atoms. The summed E-state index contributed by atoms with van der Waals surface area (Å²) in [7, 11) is 0. The van der Waals surface area contributed by atoms with Gasteiger partial charge < -0.3 is 10.2 Å². The molecule has 1 saturated heterocycles. The van der Waals surface area contributed by atoms with E-state index in [1.165, 1.54) is 23.5 Å². The molecule has 1 aliphatic heterocycles. The van der Waals surface area contributed by atoms with Crippen LogP contribution in [-0.4, -0.2) is 35.4 Å². The number of likely N-dealkylation sites (tertiary alicyclic amines) is 1. The molecule has 1 amide bonds. The van der Waals surface area contributed by atoms with E-state index < -0.39 is 0 Å². The van der Waals surface area contributed by atoms with Crippen LogP contribution in [0.2, 0.25) is 0 Å². The molecule has 0 saturated carbocycles. The third-order valence-corrected chi connectivity index (χ3v) is 4.19. The number of fused-ring (bicyclic) bond motifs is 1. The van der Waals surface area contributed by atoms with E-state index in [0.29, 0.717) is 10.6 Å². The Bertz CT molecular complexity index is 607. The normalized spacial score (nSPS) is 15.1. The summed E-state index contributed by atoms with van der Waals surface area (Å²) in [6.45, 7) is 1.96. The van der Waals surface area contributed by atoms with Crippen LogP contribution in [-0.2, 0) is 4.79 Å². The Kier molecular flexibility index (Phi) is 3.33. The van der Waals surface area contributed by atoms with Gasteiger partial charge in [-0.3, -0.25) is 4.79 Å². The van der Waals surface area contributed by atoms with Crippen LogP contribution in [0.3, 0.4) is 0 Å². The van der Waals surface area contributed by atoms with Gasteiger partial charge in [-0.1, -0.05) is 11.3 Å². The lowest BCUT2D eigenvalue weighted by atomic mass is 10.3. The minimum Gasteiger partial charge on any atom is -0.352 e. The number of halogens is 1. The van der Waals surface area contributed by atoms with Crippen molar-refractivity contribution in [1.29, 1.82) is 0 Å². The number of thiazole rings is 1. The molecule has 0 aliphatic carbocycles. The number of nitrogens with zero attached hydrogens (tertiary/aromatic N) is 2. The summed E-state index contributed by atoms with van der Waals surface area (Å²) >= 11 is 1.43. The Morgan fingerprint density at radius 1 is 1.42 bits per heavy atom. The van der Waals surface area contributed by atoms with Gasteiger partial charge in [0.1, 0.15) is 5.82 Å². The summed E-state index contributed by atoms with van der Waals surface area (Å²) in [5, 5.41) is 3.68. The van der Waals surface area contributed by atoms with Crippen LogP contribution in [0.25, 0.3) is 10.2 Å². The first-order valence-electron chi connectivity index (χ1n) is 6.30. The number of carbonyl (C=O) groups excluding carboxylic acids is 1. The van der Waals surface area contributed by atoms with Crippen LogP contribution in [0.15, 0.2) is 18.2 Å². The van der Waals surface area contributed by atoms with Crippen LogP contribution in [0.1, 0.15) is 12.8 Å². The SMILES string of the molecule is O=C(CNc1nc2cc(F)ccc2s1)N1CCCC1. The lowest BCUT2D eigenvalue weighted by molar-refractivity contribution is -0.128. The zero-order chi connectivity index (χ0) is 13.2. The molecule has 1 N–H and O–H groups in total. The Morgan fingerprint density at radius 3 is 3.00 bits per heavy atom. The van der Waals surface area contributed by atoms with Crippen molar-refractivity contribution in [1.82, 2.24) is 9.88 Å². The summed E-state index contributed by atoms with van der Waals surface area (Å²) < 4.78 is 14.0. The fourth-order valence-electron chi connectivity index (χ4n) is 2.21. The van der Waals surface area contributed by atoms with Crippen LogP contribution in [0, 0.1) is 5.82 Å². The second kappa shape index (κ2) is 5.13. The van der Waals surface area contributed by atoms with Crippen molar-refractivity contribution in [3.05, 3.63) is 24.0 Å². The first kappa shape index (κ1) is 12.3. The van der Waals surface area contributed by atoms with Crippen molar-refractivity contribution < 1.29 is 9.18 Å². The number of benzene rings is 1. The molecule has 0 atom stereocenters. The molecule has 0 unspecified atom stereocenters. The van der Waals surface area contributed by atoms with Gasteiger partial charge in [-0.05, 0) is 25.0 Å². The fourth-order valence-corrected chi connectivity index (χ4v) is 3.05. The number of hydrogen-bond acceptors (Lipinski definition) is 4. The van der Waals surface area contributed by atoms with Gasteiger partial charge in [0.2, 0.25) is 5.91 Å². The van der Waals surface area contributed by atoms with E-state index in [4.69, 9.17) is 0 Å². The number of carbonyl (C=O) groups is 1. The van der Waals surface area contributed by atoms with E-state index in [1.807, 2.05) is 4.90 Å². The quantitative estimate of drug-likeness (QED) is 0.938. The van der Waals surface area contributed by atoms with Crippen molar-refractivity contribution >= 4 is 32.6 Å². The highest BCUT2D eigenvalue weighted by Crippen LogP contribution is 2.26. The zero-order valence-corrected chi connectivity index (χ0v) is 11.2. The summed E-state index contributed by atoms with van der Waals surface area (Å²) in [6.07, 6.45) is 2.18. The molecular weight excluding hydrogens is 265 g/mol. The maximum absolute atomic E-state index is 13.0. The second-order valence-corrected chi connectivity index (χ2v) is 5.60. The highest BCUT2D eigenvalue weighted by Gasteiger charge is 2.17. The van der Waals surface area contributed by atoms with E-state index in [-0.39, 0.29) is 18.3 Å². The summed E-state index contributed by atoms with van der Waals surface area (Å²) in [5.74, 6) is -0.194. The van der Waals surface area contributed by atoms with Crippen molar-refractivity contribution in [2.75, 3.05) is 25.0 Å². The summed E-state index contributed by atoms with van der Waals surface area (Å²) in [5.41, 5.74) is 0.626. The van der Waals surface area contributed by atoms with Crippen molar-refractivity contribution in [2.24, 2.45) is 0 Å². The highest BCUT2D eigenvalue weighted by molar-refractivity contribution is 7.22. The maximum Gasteiger partial charge on any atom is 0.241 e. The van der Waals surface area contributed by atoms with E-state index in [1.54, 1.807) is 6.07 Å². The van der Waals surface area contributed by atoms with Crippen LogP contribution < -0.4 is 5.32 Å². The molecule has 19 heavy (non-hydrogen) atoms. The monoisotopic (exact) mass is 279 g/mol. The van der Waals surface area contributed by atoms with Crippen molar-refractivity contribution in [2.45, 2.75) is 12.8 Å². The van der Waals surface area contributed by atoms with Gasteiger partial charge in [-0.25, -0.2) is 9.37 Å². The average molecular weight is 279 g/mol. The lowest BCUT2D eigenvalue weighted by Gasteiger charge is -2.14. The van der Waals surface area contributed by atoms with Gasteiger partial charge in [-0.15, -0.1) is 0 Å². The van der Waals surface area contributed by atoms with Crippen LogP contribution >= 0.6 is 11.3 Å². The van der Waals surface area contributed by atoms with Gasteiger partial charge in [0.05, 0.1) is 16.8 Å². The van der Waals surface area contributed by atoms with Crippen LogP contribution in [0.4, 0.5) is 9.52 Å². The van der Waals surface area contributed by atoms with Crippen LogP contribution in [0.5, 0.6) is 0 Å². The third kappa shape index (κ3) is 2.68. The number of anilines is 1. The van der Waals surface area contributed by atoms with Crippen molar-refractivity contribution in [3.8, 4) is 0 Å². The predicted molar refractivity (Wildman–Crippen MR) is 73.9 cm³/mol. The first-order valence-corrected chi connectivity index (χ1v) is 7.12. The minimum atomic E-state index is -0.294. The Balaban J connectivity index is 1.66. The van der Waals surface area contributed by atoms with Gasteiger partial charge in [0.15, 0.2) is 5.13 Å². The van der Waals surface area contributed by atoms with Gasteiger partial charge in [0.25, 0.3) is 0 Å². The molecule has 1 aromatic heterocycles. The Morgan fingerprint density at radius 2 is 2.21 bits per heavy atom. The number of amides is 1. The number of aromatic nitrogens is 1. The smallest absolute Gasteiger partial charge is 0.241 e. The van der Waals surface area contributed by atoms with E-state index in [2.05, 4.69) is 10.3 Å². The largest absolute Gasteiger partial charge is 0.352 e. The average Bonchev–Trinajstić information content (AvgIpc) is 3.04. The predicted octanol–water partition coefficient (Wildman–Crippen LogP) is 2.47. The molecule has 1 aromatic carbocycles. The minimum absolute atomic E-state index is 0.0999. The number of rotatable bonds is 3. The number of hydrogen-bond donors (Lipinski definition) is 1. The standard InChI is InChI=1S/C13H14FN3OS/c14-9-3-4-11-10(7-9)16-13(19-11)15-8-12(18)17-5-1-2-6-17/h3-4,7H,1-2,5-6,8H2,(H,15,16). The Labute approximate surface area is 114 Å². The molecule has 4 nitrogen and oxygen atoms in total. The second-order valence-electron chi connectivity index (χ2n) is 4.57. The van der Waals surface area contributed by atoms with Gasteiger partial charge >= 0.3 is 0 Å². The molecule has 1 aliphatic rings. The number of nitrogens with one attached hydrogen (secondary N) is 1.